The molecule has 8 aromatic carbocycles. The Balaban J connectivity index is 1.24. The van der Waals surface area contributed by atoms with Gasteiger partial charge in [-0.1, -0.05) is 121 Å². The molecule has 4 heterocycles. The van der Waals surface area contributed by atoms with Gasteiger partial charge < -0.3 is 4.57 Å². The predicted molar refractivity (Wildman–Crippen MR) is 234 cm³/mol. The van der Waals surface area contributed by atoms with Gasteiger partial charge in [-0.05, 0) is 59.3 Å². The first-order valence-electron chi connectivity index (χ1n) is 18.4. The molecule has 12 rings (SSSR count). The highest BCUT2D eigenvalue weighted by Gasteiger charge is 2.24. The highest BCUT2D eigenvalue weighted by atomic mass is 32.1. The predicted octanol–water partition coefficient (Wildman–Crippen LogP) is 13.9. The Morgan fingerprint density at radius 1 is 0.382 bits per heavy atom. The molecule has 4 nitrogen and oxygen atoms in total. The third kappa shape index (κ3) is 4.65. The lowest BCUT2D eigenvalue weighted by atomic mass is 10.0. The van der Waals surface area contributed by atoms with Crippen LogP contribution in [0.1, 0.15) is 0 Å². The van der Waals surface area contributed by atoms with E-state index in [1.807, 2.05) is 29.5 Å². The Morgan fingerprint density at radius 3 is 1.78 bits per heavy atom. The van der Waals surface area contributed by atoms with E-state index in [9.17, 15) is 0 Å². The molecule has 0 spiro atoms. The molecule has 4 aromatic heterocycles. The first kappa shape index (κ1) is 30.7. The van der Waals surface area contributed by atoms with Gasteiger partial charge in [0.05, 0.1) is 22.3 Å². The summed E-state index contributed by atoms with van der Waals surface area (Å²) in [6.45, 7) is 0. The fourth-order valence-electron chi connectivity index (χ4n) is 8.42. The smallest absolute Gasteiger partial charge is 0.166 e. The summed E-state index contributed by atoms with van der Waals surface area (Å²) < 4.78 is 7.32. The Labute approximate surface area is 323 Å². The van der Waals surface area contributed by atoms with Crippen LogP contribution in [0.4, 0.5) is 0 Å². The number of hydrogen-bond acceptors (Lipinski definition) is 5. The highest BCUT2D eigenvalue weighted by Crippen LogP contribution is 2.46. The molecule has 6 heteroatoms. The van der Waals surface area contributed by atoms with Gasteiger partial charge in [0, 0.05) is 62.2 Å². The van der Waals surface area contributed by atoms with E-state index in [1.165, 1.54) is 56.5 Å². The van der Waals surface area contributed by atoms with Crippen LogP contribution in [0.3, 0.4) is 0 Å². The van der Waals surface area contributed by atoms with Crippen molar-refractivity contribution < 1.29 is 0 Å². The van der Waals surface area contributed by atoms with Crippen LogP contribution >= 0.6 is 22.7 Å². The number of aromatic nitrogens is 4. The zero-order chi connectivity index (χ0) is 36.0. The Morgan fingerprint density at radius 2 is 0.982 bits per heavy atom. The molecule has 0 radical (unpaired) electrons. The molecule has 0 atom stereocenters. The molecule has 0 aliphatic rings. The van der Waals surface area contributed by atoms with Crippen molar-refractivity contribution in [3.05, 3.63) is 170 Å². The minimum absolute atomic E-state index is 0.646. The second-order valence-electron chi connectivity index (χ2n) is 13.9. The molecule has 0 saturated heterocycles. The van der Waals surface area contributed by atoms with E-state index in [4.69, 9.17) is 15.0 Å². The maximum absolute atomic E-state index is 5.53. The van der Waals surface area contributed by atoms with E-state index in [-0.39, 0.29) is 0 Å². The second kappa shape index (κ2) is 11.9. The minimum atomic E-state index is 0.646. The molecule has 0 saturated carbocycles. The molecular weight excluding hydrogens is 709 g/mol. The lowest BCUT2D eigenvalue weighted by Gasteiger charge is -2.16. The Kier molecular flexibility index (Phi) is 6.64. The number of fused-ring (bicyclic) bond motifs is 10. The zero-order valence-corrected chi connectivity index (χ0v) is 30.9. The number of benzene rings is 8. The molecule has 0 N–H and O–H groups in total. The summed E-state index contributed by atoms with van der Waals surface area (Å²) >= 11 is 3.62. The largest absolute Gasteiger partial charge is 0.308 e. The Hall–Kier alpha value is -6.73. The third-order valence-corrected chi connectivity index (χ3v) is 13.1. The first-order valence-corrected chi connectivity index (χ1v) is 20.0. The summed E-state index contributed by atoms with van der Waals surface area (Å²) in [5.41, 5.74) is 6.26. The number of nitrogens with zero attached hydrogens (tertiary/aromatic N) is 4. The second-order valence-corrected chi connectivity index (χ2v) is 16.1. The van der Waals surface area contributed by atoms with Crippen LogP contribution in [0.5, 0.6) is 0 Å². The van der Waals surface area contributed by atoms with Gasteiger partial charge in [-0.25, -0.2) is 15.0 Å². The van der Waals surface area contributed by atoms with Crippen LogP contribution in [0.2, 0.25) is 0 Å². The fraction of sp³-hybridized carbons (Fsp3) is 0. The van der Waals surface area contributed by atoms with Gasteiger partial charge in [-0.3, -0.25) is 0 Å². The van der Waals surface area contributed by atoms with Crippen LogP contribution in [0, 0.1) is 0 Å². The number of thiophene rings is 2. The summed E-state index contributed by atoms with van der Waals surface area (Å²) in [4.78, 5) is 16.2. The van der Waals surface area contributed by atoms with E-state index in [2.05, 4.69) is 156 Å². The summed E-state index contributed by atoms with van der Waals surface area (Å²) in [6, 6.07) is 60.7. The molecule has 12 aromatic rings. The standard InChI is InChI=1S/C49H28N4S2/c1-2-13-29(14-3-1)47-50-48(35-20-12-24-42-44(35)33-18-7-10-22-40(33)54-42)52-49(51-47)46-38(25-26-43-45(46)34-19-8-11-23-41(34)55-43)53-37-21-9-6-17-32(37)36-27-30-15-4-5-16-31(30)28-39(36)53/h1-28H. The molecule has 0 aliphatic carbocycles. The van der Waals surface area contributed by atoms with Crippen molar-refractivity contribution in [2.24, 2.45) is 0 Å². The van der Waals surface area contributed by atoms with Gasteiger partial charge in [-0.2, -0.15) is 0 Å². The van der Waals surface area contributed by atoms with Crippen LogP contribution < -0.4 is 0 Å². The molecule has 256 valence electrons. The molecule has 0 unspecified atom stereocenters. The van der Waals surface area contributed by atoms with Gasteiger partial charge in [0.25, 0.3) is 0 Å². The Bertz CT molecular complexity index is 3500. The van der Waals surface area contributed by atoms with E-state index in [0.717, 1.165) is 38.8 Å². The molecular formula is C49H28N4S2. The van der Waals surface area contributed by atoms with Crippen molar-refractivity contribution in [1.82, 2.24) is 19.5 Å². The summed E-state index contributed by atoms with van der Waals surface area (Å²) in [7, 11) is 0. The monoisotopic (exact) mass is 736 g/mol. The van der Waals surface area contributed by atoms with Crippen molar-refractivity contribution in [3.63, 3.8) is 0 Å². The van der Waals surface area contributed by atoms with Gasteiger partial charge >= 0.3 is 0 Å². The number of hydrogen-bond donors (Lipinski definition) is 0. The van der Waals surface area contributed by atoms with E-state index in [0.29, 0.717) is 17.5 Å². The van der Waals surface area contributed by atoms with Crippen molar-refractivity contribution in [3.8, 4) is 39.9 Å². The first-order chi connectivity index (χ1) is 27.3. The van der Waals surface area contributed by atoms with Gasteiger partial charge in [0.2, 0.25) is 0 Å². The minimum Gasteiger partial charge on any atom is -0.308 e. The van der Waals surface area contributed by atoms with Gasteiger partial charge in [0.1, 0.15) is 0 Å². The normalized spacial score (nSPS) is 12.0. The van der Waals surface area contributed by atoms with E-state index in [1.54, 1.807) is 11.3 Å². The summed E-state index contributed by atoms with van der Waals surface area (Å²) in [6.07, 6.45) is 0. The molecule has 0 amide bonds. The SMILES string of the molecule is c1ccc(-c2nc(-c3cccc4sc5ccccc5c34)nc(-c3c(-n4c5ccccc5c5cc6ccccc6cc54)ccc4sc5ccccc5c34)n2)cc1. The lowest BCUT2D eigenvalue weighted by molar-refractivity contribution is 1.07. The van der Waals surface area contributed by atoms with Crippen LogP contribution in [0.25, 0.3) is 113 Å². The molecule has 55 heavy (non-hydrogen) atoms. The quantitative estimate of drug-likeness (QED) is 0.181. The van der Waals surface area contributed by atoms with Crippen molar-refractivity contribution in [1.29, 1.82) is 0 Å². The number of para-hydroxylation sites is 1. The summed E-state index contributed by atoms with van der Waals surface area (Å²) in [5.74, 6) is 1.96. The summed E-state index contributed by atoms with van der Waals surface area (Å²) in [5, 5.41) is 9.59. The van der Waals surface area contributed by atoms with Crippen LogP contribution in [-0.4, -0.2) is 19.5 Å². The van der Waals surface area contributed by atoms with Crippen molar-refractivity contribution in [2.75, 3.05) is 0 Å². The third-order valence-electron chi connectivity index (χ3n) is 10.8. The molecule has 0 aliphatic heterocycles. The molecule has 0 fully saturated rings. The molecule has 0 bridgehead atoms. The van der Waals surface area contributed by atoms with E-state index < -0.39 is 0 Å². The topological polar surface area (TPSA) is 43.6 Å². The average Bonchev–Trinajstić information content (AvgIpc) is 3.92. The lowest BCUT2D eigenvalue weighted by Crippen LogP contribution is -2.04. The highest BCUT2D eigenvalue weighted by molar-refractivity contribution is 7.26. The fourth-order valence-corrected chi connectivity index (χ4v) is 10.7. The average molecular weight is 737 g/mol. The van der Waals surface area contributed by atoms with Gasteiger partial charge in [-0.15, -0.1) is 22.7 Å². The maximum atomic E-state index is 5.53. The van der Waals surface area contributed by atoms with Crippen molar-refractivity contribution in [2.45, 2.75) is 0 Å². The maximum Gasteiger partial charge on any atom is 0.166 e. The van der Waals surface area contributed by atoms with E-state index >= 15 is 0 Å². The zero-order valence-electron chi connectivity index (χ0n) is 29.3. The van der Waals surface area contributed by atoms with Crippen molar-refractivity contribution >= 4 is 95.6 Å². The van der Waals surface area contributed by atoms with Crippen LogP contribution in [0.15, 0.2) is 170 Å². The van der Waals surface area contributed by atoms with Crippen LogP contribution in [-0.2, 0) is 0 Å². The number of rotatable bonds is 4. The van der Waals surface area contributed by atoms with Gasteiger partial charge in [0.15, 0.2) is 17.5 Å².